The van der Waals surface area contributed by atoms with E-state index < -0.39 is 10.0 Å². The molecule has 0 saturated heterocycles. The molecule has 1 aliphatic rings. The zero-order chi connectivity index (χ0) is 16.6. The quantitative estimate of drug-likeness (QED) is 0.828. The van der Waals surface area contributed by atoms with E-state index in [1.165, 1.54) is 23.1 Å². The van der Waals surface area contributed by atoms with Gasteiger partial charge >= 0.3 is 0 Å². The minimum absolute atomic E-state index is 0.0947. The summed E-state index contributed by atoms with van der Waals surface area (Å²) in [6.45, 7) is 1.08. The van der Waals surface area contributed by atoms with E-state index in [1.807, 2.05) is 11.4 Å². The minimum atomic E-state index is -3.44. The van der Waals surface area contributed by atoms with Crippen molar-refractivity contribution in [2.45, 2.75) is 13.0 Å². The molecule has 0 bridgehead atoms. The number of benzene rings is 1. The summed E-state index contributed by atoms with van der Waals surface area (Å²) in [5, 5.41) is 12.0. The first-order chi connectivity index (χ1) is 10.8. The van der Waals surface area contributed by atoms with Crippen LogP contribution in [0.5, 0.6) is 5.75 Å². The van der Waals surface area contributed by atoms with Gasteiger partial charge in [0.25, 0.3) is 5.91 Å². The van der Waals surface area contributed by atoms with Gasteiger partial charge in [0.1, 0.15) is 5.75 Å². The Labute approximate surface area is 138 Å². The monoisotopic (exact) mass is 352 g/mol. The number of carbonyl (C=O) groups is 1. The number of aromatic hydroxyl groups is 1. The van der Waals surface area contributed by atoms with Gasteiger partial charge < -0.3 is 10.0 Å². The van der Waals surface area contributed by atoms with Crippen LogP contribution in [0.25, 0.3) is 0 Å². The van der Waals surface area contributed by atoms with Gasteiger partial charge in [0, 0.05) is 23.7 Å². The van der Waals surface area contributed by atoms with Crippen molar-refractivity contribution in [2.24, 2.45) is 0 Å². The smallest absolute Gasteiger partial charge is 0.258 e. The third-order valence-electron chi connectivity index (χ3n) is 3.63. The number of thiophene rings is 1. The molecule has 3 rings (SSSR count). The van der Waals surface area contributed by atoms with Gasteiger partial charge in [-0.2, -0.15) is 0 Å². The zero-order valence-corrected chi connectivity index (χ0v) is 14.1. The summed E-state index contributed by atoms with van der Waals surface area (Å²) >= 11 is 1.68. The van der Waals surface area contributed by atoms with Crippen LogP contribution >= 0.6 is 11.3 Å². The highest BCUT2D eigenvalue weighted by molar-refractivity contribution is 7.92. The number of carbonyl (C=O) groups excluding carboxylic acids is 1. The first kappa shape index (κ1) is 15.8. The zero-order valence-electron chi connectivity index (χ0n) is 12.4. The lowest BCUT2D eigenvalue weighted by molar-refractivity contribution is 0.0733. The predicted octanol–water partition coefficient (Wildman–Crippen LogP) is 2.02. The van der Waals surface area contributed by atoms with Crippen molar-refractivity contribution in [1.82, 2.24) is 4.90 Å². The maximum atomic E-state index is 12.7. The number of fused-ring (bicyclic) bond motifs is 1. The van der Waals surface area contributed by atoms with Gasteiger partial charge in [0.15, 0.2) is 0 Å². The topological polar surface area (TPSA) is 86.7 Å². The van der Waals surface area contributed by atoms with Crippen LogP contribution in [0, 0.1) is 0 Å². The molecule has 0 aliphatic carbocycles. The molecular formula is C15H16N2O4S2. The van der Waals surface area contributed by atoms with Crippen LogP contribution in [-0.2, 0) is 23.0 Å². The summed E-state index contributed by atoms with van der Waals surface area (Å²) in [7, 11) is -3.44. The molecule has 1 aromatic heterocycles. The molecule has 23 heavy (non-hydrogen) atoms. The van der Waals surface area contributed by atoms with Crippen molar-refractivity contribution in [3.05, 3.63) is 45.6 Å². The molecule has 0 saturated carbocycles. The highest BCUT2D eigenvalue weighted by Gasteiger charge is 2.24. The van der Waals surface area contributed by atoms with Crippen LogP contribution in [0.1, 0.15) is 20.8 Å². The summed E-state index contributed by atoms with van der Waals surface area (Å²) in [6, 6.07) is 6.10. The highest BCUT2D eigenvalue weighted by Crippen LogP contribution is 2.28. The van der Waals surface area contributed by atoms with Crippen LogP contribution in [0.15, 0.2) is 29.6 Å². The Kier molecular flexibility index (Phi) is 4.03. The molecule has 1 amide bonds. The first-order valence-corrected chi connectivity index (χ1v) is 9.76. The summed E-state index contributed by atoms with van der Waals surface area (Å²) in [6.07, 6.45) is 1.82. The number of rotatable bonds is 3. The highest BCUT2D eigenvalue weighted by atomic mass is 32.2. The van der Waals surface area contributed by atoms with Crippen LogP contribution in [0.2, 0.25) is 0 Å². The van der Waals surface area contributed by atoms with Gasteiger partial charge in [-0.3, -0.25) is 9.52 Å². The molecule has 122 valence electrons. The number of hydrogen-bond donors (Lipinski definition) is 2. The van der Waals surface area contributed by atoms with Gasteiger partial charge in [0.2, 0.25) is 10.0 Å². The van der Waals surface area contributed by atoms with E-state index in [2.05, 4.69) is 4.72 Å². The molecule has 2 heterocycles. The molecular weight excluding hydrogens is 336 g/mol. The average molecular weight is 352 g/mol. The van der Waals surface area contributed by atoms with E-state index >= 15 is 0 Å². The van der Waals surface area contributed by atoms with E-state index in [9.17, 15) is 18.3 Å². The fraction of sp³-hybridized carbons (Fsp3) is 0.267. The summed E-state index contributed by atoms with van der Waals surface area (Å²) in [5.74, 6) is -0.471. The second-order valence-electron chi connectivity index (χ2n) is 5.45. The number of nitrogens with zero attached hydrogens (tertiary/aromatic N) is 1. The number of phenolic OH excluding ortho intramolecular Hbond substituents is 1. The second kappa shape index (κ2) is 5.86. The number of anilines is 1. The van der Waals surface area contributed by atoms with Gasteiger partial charge in [-0.25, -0.2) is 8.42 Å². The fourth-order valence-electron chi connectivity index (χ4n) is 2.58. The molecule has 2 aromatic rings. The lowest BCUT2D eigenvalue weighted by Gasteiger charge is -2.27. The molecule has 1 aliphatic heterocycles. The van der Waals surface area contributed by atoms with Crippen molar-refractivity contribution >= 4 is 33.0 Å². The van der Waals surface area contributed by atoms with Gasteiger partial charge in [0.05, 0.1) is 11.8 Å². The SMILES string of the molecule is CS(=O)(=O)Nc1ccc(O)c(C(=O)N2CCc3sccc3C2)c1. The predicted molar refractivity (Wildman–Crippen MR) is 89.3 cm³/mol. The first-order valence-electron chi connectivity index (χ1n) is 6.99. The number of sulfonamides is 1. The van der Waals surface area contributed by atoms with Gasteiger partial charge in [-0.05, 0) is 41.6 Å². The second-order valence-corrected chi connectivity index (χ2v) is 8.20. The van der Waals surface area contributed by atoms with Crippen molar-refractivity contribution in [2.75, 3.05) is 17.5 Å². The van der Waals surface area contributed by atoms with E-state index in [1.54, 1.807) is 16.2 Å². The van der Waals surface area contributed by atoms with Crippen LogP contribution in [0.3, 0.4) is 0 Å². The molecule has 0 unspecified atom stereocenters. The lowest BCUT2D eigenvalue weighted by Crippen LogP contribution is -2.35. The molecule has 0 atom stereocenters. The Hall–Kier alpha value is -2.06. The number of phenols is 1. The Morgan fingerprint density at radius 3 is 2.87 bits per heavy atom. The van der Waals surface area contributed by atoms with E-state index in [0.717, 1.165) is 18.2 Å². The Bertz CT molecular complexity index is 858. The third kappa shape index (κ3) is 3.48. The van der Waals surface area contributed by atoms with Gasteiger partial charge in [-0.1, -0.05) is 0 Å². The van der Waals surface area contributed by atoms with Crippen LogP contribution in [0.4, 0.5) is 5.69 Å². The molecule has 0 spiro atoms. The van der Waals surface area contributed by atoms with Crippen molar-refractivity contribution in [3.63, 3.8) is 0 Å². The Balaban J connectivity index is 1.86. The molecule has 8 heteroatoms. The molecule has 2 N–H and O–H groups in total. The summed E-state index contributed by atoms with van der Waals surface area (Å²) in [5.41, 5.74) is 1.47. The summed E-state index contributed by atoms with van der Waals surface area (Å²) < 4.78 is 24.9. The van der Waals surface area contributed by atoms with Crippen molar-refractivity contribution in [3.8, 4) is 5.75 Å². The maximum absolute atomic E-state index is 12.7. The number of amides is 1. The van der Waals surface area contributed by atoms with Crippen molar-refractivity contribution < 1.29 is 18.3 Å². The van der Waals surface area contributed by atoms with Crippen molar-refractivity contribution in [1.29, 1.82) is 0 Å². The fourth-order valence-corrected chi connectivity index (χ4v) is 4.02. The number of hydrogen-bond acceptors (Lipinski definition) is 5. The van der Waals surface area contributed by atoms with E-state index in [4.69, 9.17) is 0 Å². The Morgan fingerprint density at radius 1 is 1.35 bits per heavy atom. The minimum Gasteiger partial charge on any atom is -0.507 e. The van der Waals surface area contributed by atoms with Gasteiger partial charge in [-0.15, -0.1) is 11.3 Å². The normalized spacial score (nSPS) is 14.4. The number of nitrogens with one attached hydrogen (secondary N) is 1. The maximum Gasteiger partial charge on any atom is 0.258 e. The third-order valence-corrected chi connectivity index (χ3v) is 5.25. The Morgan fingerprint density at radius 2 is 2.13 bits per heavy atom. The molecule has 0 fully saturated rings. The largest absolute Gasteiger partial charge is 0.507 e. The molecule has 6 nitrogen and oxygen atoms in total. The van der Waals surface area contributed by atoms with E-state index in [0.29, 0.717) is 13.1 Å². The van der Waals surface area contributed by atoms with E-state index in [-0.39, 0.29) is 22.9 Å². The van der Waals surface area contributed by atoms with Crippen LogP contribution in [-0.4, -0.2) is 37.1 Å². The molecule has 1 aromatic carbocycles. The average Bonchev–Trinajstić information content (AvgIpc) is 2.94. The molecule has 0 radical (unpaired) electrons. The lowest BCUT2D eigenvalue weighted by atomic mass is 10.1. The van der Waals surface area contributed by atoms with Crippen LogP contribution < -0.4 is 4.72 Å². The standard InChI is InChI=1S/C15H16N2O4S2/c1-23(20,21)16-11-2-3-13(18)12(8-11)15(19)17-6-4-14-10(9-17)5-7-22-14/h2-3,5,7-8,16,18H,4,6,9H2,1H3. The summed E-state index contributed by atoms with van der Waals surface area (Å²) in [4.78, 5) is 15.6.